The maximum absolute atomic E-state index is 13.7. The van der Waals surface area contributed by atoms with Crippen molar-refractivity contribution in [1.29, 1.82) is 0 Å². The number of aryl methyl sites for hydroxylation is 1. The molecule has 0 fully saturated rings. The number of hydrogen-bond acceptors (Lipinski definition) is 1. The second kappa shape index (κ2) is 9.09. The molecule has 1 aliphatic heterocycles. The van der Waals surface area contributed by atoms with E-state index in [-0.39, 0.29) is 17.0 Å². The van der Waals surface area contributed by atoms with Gasteiger partial charge in [-0.25, -0.2) is 8.78 Å². The van der Waals surface area contributed by atoms with Crippen molar-refractivity contribution >= 4 is 11.4 Å². The molecule has 0 saturated carbocycles. The molecular weight excluding hydrogens is 472 g/mol. The smallest absolute Gasteiger partial charge is 0.123 e. The molecule has 0 bridgehead atoms. The summed E-state index contributed by atoms with van der Waals surface area (Å²) in [5.74, 6) is -0.0448. The minimum absolute atomic E-state index is 0.166. The molecule has 0 spiro atoms. The third-order valence-corrected chi connectivity index (χ3v) is 8.13. The average Bonchev–Trinajstić information content (AvgIpc) is 2.90. The van der Waals surface area contributed by atoms with E-state index in [0.29, 0.717) is 5.92 Å². The number of rotatable bonds is 3. The molecule has 6 rings (SSSR count). The van der Waals surface area contributed by atoms with Crippen LogP contribution in [0.3, 0.4) is 0 Å². The zero-order valence-electron chi connectivity index (χ0n) is 22.2. The second-order valence-electron chi connectivity index (χ2n) is 11.0. The first-order valence-electron chi connectivity index (χ1n) is 13.2. The second-order valence-corrected chi connectivity index (χ2v) is 11.0. The van der Waals surface area contributed by atoms with Gasteiger partial charge in [-0.05, 0) is 113 Å². The Balaban J connectivity index is 1.53. The lowest BCUT2D eigenvalue weighted by Crippen LogP contribution is -2.38. The van der Waals surface area contributed by atoms with E-state index in [1.807, 2.05) is 24.3 Å². The molecule has 1 aliphatic carbocycles. The number of halogens is 2. The van der Waals surface area contributed by atoms with Gasteiger partial charge in [0.05, 0.1) is 5.69 Å². The lowest BCUT2D eigenvalue weighted by atomic mass is 9.66. The van der Waals surface area contributed by atoms with Crippen LogP contribution in [0.1, 0.15) is 38.3 Å². The average molecular weight is 504 g/mol. The molecule has 0 saturated heterocycles. The van der Waals surface area contributed by atoms with E-state index in [2.05, 4.69) is 81.1 Å². The van der Waals surface area contributed by atoms with Crippen molar-refractivity contribution in [3.8, 4) is 22.3 Å². The summed E-state index contributed by atoms with van der Waals surface area (Å²) >= 11 is 0. The zero-order valence-corrected chi connectivity index (χ0v) is 22.2. The van der Waals surface area contributed by atoms with E-state index in [4.69, 9.17) is 0 Å². The fourth-order valence-electron chi connectivity index (χ4n) is 6.32. The Labute approximate surface area is 223 Å². The third-order valence-electron chi connectivity index (χ3n) is 8.13. The predicted molar refractivity (Wildman–Crippen MR) is 154 cm³/mol. The highest BCUT2D eigenvalue weighted by Gasteiger charge is 2.42. The molecule has 3 heteroatoms. The van der Waals surface area contributed by atoms with E-state index < -0.39 is 0 Å². The van der Waals surface area contributed by atoms with Gasteiger partial charge in [0.1, 0.15) is 11.6 Å². The molecule has 0 amide bonds. The Kier molecular flexibility index (Phi) is 5.83. The maximum atomic E-state index is 13.7. The van der Waals surface area contributed by atoms with Crippen molar-refractivity contribution in [2.24, 2.45) is 5.92 Å². The van der Waals surface area contributed by atoms with Gasteiger partial charge in [0.2, 0.25) is 0 Å². The van der Waals surface area contributed by atoms with Crippen LogP contribution in [-0.4, -0.2) is 0 Å². The van der Waals surface area contributed by atoms with E-state index in [0.717, 1.165) is 34.4 Å². The standard InChI is InChI=1S/C35H31F2N/c1-22-6-5-7-32-33(22)35(3,4)31-21-27(26-10-16-29(37)17-11-26)20-23(2)34(31)38(32)30-18-12-25(13-19-30)24-8-14-28(36)15-9-24/h5,7-22H,6H2,1-4H3. The Morgan fingerprint density at radius 3 is 1.84 bits per heavy atom. The molecule has 38 heavy (non-hydrogen) atoms. The summed E-state index contributed by atoms with van der Waals surface area (Å²) < 4.78 is 27.1. The normalized spacial score (nSPS) is 17.8. The zero-order chi connectivity index (χ0) is 26.6. The Morgan fingerprint density at radius 1 is 0.737 bits per heavy atom. The van der Waals surface area contributed by atoms with E-state index >= 15 is 0 Å². The van der Waals surface area contributed by atoms with Crippen molar-refractivity contribution in [3.63, 3.8) is 0 Å². The Morgan fingerprint density at radius 2 is 1.26 bits per heavy atom. The van der Waals surface area contributed by atoms with E-state index in [1.54, 1.807) is 0 Å². The summed E-state index contributed by atoms with van der Waals surface area (Å²) in [5.41, 5.74) is 11.4. The lowest BCUT2D eigenvalue weighted by molar-refractivity contribution is 0.498. The van der Waals surface area contributed by atoms with Crippen molar-refractivity contribution in [2.75, 3.05) is 4.90 Å². The number of hydrogen-bond donors (Lipinski definition) is 0. The molecule has 1 atom stereocenters. The molecule has 0 radical (unpaired) electrons. The molecule has 4 aromatic carbocycles. The van der Waals surface area contributed by atoms with Crippen molar-refractivity contribution in [3.05, 3.63) is 131 Å². The minimum atomic E-state index is -0.230. The van der Waals surface area contributed by atoms with Gasteiger partial charge in [-0.15, -0.1) is 0 Å². The summed E-state index contributed by atoms with van der Waals surface area (Å²) in [6, 6.07) is 26.4. The molecule has 0 aromatic heterocycles. The fourth-order valence-corrected chi connectivity index (χ4v) is 6.32. The Bertz CT molecular complexity index is 1570. The SMILES string of the molecule is Cc1cc(-c2ccc(F)cc2)cc2c1N(c1ccc(-c3ccc(F)cc3)cc1)C1=C(C(C)CC=C1)C2(C)C. The van der Waals surface area contributed by atoms with Crippen LogP contribution in [0.5, 0.6) is 0 Å². The number of fused-ring (bicyclic) bond motifs is 1. The van der Waals surface area contributed by atoms with Crippen LogP contribution in [0, 0.1) is 24.5 Å². The summed E-state index contributed by atoms with van der Waals surface area (Å²) in [4.78, 5) is 2.40. The quantitative estimate of drug-likeness (QED) is 0.269. The van der Waals surface area contributed by atoms with Gasteiger partial charge in [-0.2, -0.15) is 0 Å². The van der Waals surface area contributed by atoms with Gasteiger partial charge in [-0.3, -0.25) is 0 Å². The molecule has 2 aliphatic rings. The van der Waals surface area contributed by atoms with Crippen LogP contribution < -0.4 is 4.90 Å². The fraction of sp³-hybridized carbons (Fsp3) is 0.200. The third kappa shape index (κ3) is 3.98. The molecule has 1 heterocycles. The Hall–Kier alpha value is -3.98. The summed E-state index contributed by atoms with van der Waals surface area (Å²) in [6.07, 6.45) is 5.58. The van der Waals surface area contributed by atoms with Crippen LogP contribution in [0.15, 0.2) is 108 Å². The minimum Gasteiger partial charge on any atom is -0.310 e. The van der Waals surface area contributed by atoms with Crippen molar-refractivity contribution < 1.29 is 8.78 Å². The van der Waals surface area contributed by atoms with E-state index in [9.17, 15) is 8.78 Å². The van der Waals surface area contributed by atoms with Crippen LogP contribution in [-0.2, 0) is 5.41 Å². The lowest BCUT2D eigenvalue weighted by Gasteiger charge is -2.47. The van der Waals surface area contributed by atoms with Gasteiger partial charge in [0, 0.05) is 16.8 Å². The highest BCUT2D eigenvalue weighted by Crippen LogP contribution is 2.54. The van der Waals surface area contributed by atoms with Crippen LogP contribution in [0.2, 0.25) is 0 Å². The van der Waals surface area contributed by atoms with Gasteiger partial charge >= 0.3 is 0 Å². The molecule has 4 aromatic rings. The summed E-state index contributed by atoms with van der Waals surface area (Å²) in [7, 11) is 0. The first kappa shape index (κ1) is 24.4. The van der Waals surface area contributed by atoms with Crippen LogP contribution in [0.25, 0.3) is 22.3 Å². The number of benzene rings is 4. The topological polar surface area (TPSA) is 3.24 Å². The molecule has 1 nitrogen and oxygen atoms in total. The van der Waals surface area contributed by atoms with Crippen molar-refractivity contribution in [2.45, 2.75) is 39.5 Å². The summed E-state index contributed by atoms with van der Waals surface area (Å²) in [6.45, 7) is 9.15. The summed E-state index contributed by atoms with van der Waals surface area (Å²) in [5, 5.41) is 0. The number of nitrogens with zero attached hydrogens (tertiary/aromatic N) is 1. The van der Waals surface area contributed by atoms with Gasteiger partial charge in [0.25, 0.3) is 0 Å². The monoisotopic (exact) mass is 503 g/mol. The van der Waals surface area contributed by atoms with Gasteiger partial charge < -0.3 is 4.90 Å². The number of anilines is 2. The molecular formula is C35H31F2N. The van der Waals surface area contributed by atoms with E-state index in [1.165, 1.54) is 52.3 Å². The predicted octanol–water partition coefficient (Wildman–Crippen LogP) is 9.89. The van der Waals surface area contributed by atoms with Gasteiger partial charge in [-0.1, -0.05) is 63.2 Å². The highest BCUT2D eigenvalue weighted by atomic mass is 19.1. The van der Waals surface area contributed by atoms with Gasteiger partial charge in [0.15, 0.2) is 0 Å². The largest absolute Gasteiger partial charge is 0.310 e. The highest BCUT2D eigenvalue weighted by molar-refractivity contribution is 5.84. The number of allylic oxidation sites excluding steroid dienone is 3. The van der Waals surface area contributed by atoms with Crippen molar-refractivity contribution in [1.82, 2.24) is 0 Å². The maximum Gasteiger partial charge on any atom is 0.123 e. The molecule has 190 valence electrons. The molecule has 0 N–H and O–H groups in total. The van der Waals surface area contributed by atoms with Crippen LogP contribution >= 0.6 is 0 Å². The molecule has 1 unspecified atom stereocenters. The first-order chi connectivity index (χ1) is 18.2. The first-order valence-corrected chi connectivity index (χ1v) is 13.2. The van der Waals surface area contributed by atoms with Crippen LogP contribution in [0.4, 0.5) is 20.2 Å².